The van der Waals surface area contributed by atoms with E-state index in [2.05, 4.69) is 21.2 Å². The smallest absolute Gasteiger partial charge is 0.326 e. The molecule has 2 rings (SSSR count). The highest BCUT2D eigenvalue weighted by Gasteiger charge is 2.12. The van der Waals surface area contributed by atoms with Crippen LogP contribution in [-0.2, 0) is 14.4 Å². The molecule has 7 heteroatoms. The first-order valence-electron chi connectivity index (χ1n) is 7.11. The van der Waals surface area contributed by atoms with Gasteiger partial charge in [-0.15, -0.1) is 0 Å². The van der Waals surface area contributed by atoms with Gasteiger partial charge in [0.05, 0.1) is 6.21 Å². The number of hydrogen-bond acceptors (Lipinski definition) is 4. The Kier molecular flexibility index (Phi) is 5.79. The molecule has 0 bridgehead atoms. The Hall–Kier alpha value is -3.48. The topological polar surface area (TPSA) is 99.7 Å². The third-order valence-corrected chi connectivity index (χ3v) is 2.85. The van der Waals surface area contributed by atoms with Crippen molar-refractivity contribution >= 4 is 35.3 Å². The quantitative estimate of drug-likeness (QED) is 0.454. The number of amides is 3. The van der Waals surface area contributed by atoms with Crippen LogP contribution < -0.4 is 16.1 Å². The van der Waals surface area contributed by atoms with Crippen molar-refractivity contribution in [2.45, 2.75) is 6.92 Å². The molecule has 0 unspecified atom stereocenters. The molecule has 0 aromatic heterocycles. The number of rotatable bonds is 4. The first kappa shape index (κ1) is 16.9. The van der Waals surface area contributed by atoms with Gasteiger partial charge in [0.1, 0.15) is 0 Å². The van der Waals surface area contributed by atoms with Crippen LogP contribution in [0.1, 0.15) is 12.5 Å². The first-order valence-corrected chi connectivity index (χ1v) is 7.11. The van der Waals surface area contributed by atoms with Gasteiger partial charge in [-0.2, -0.15) is 5.10 Å². The van der Waals surface area contributed by atoms with Crippen molar-refractivity contribution in [1.29, 1.82) is 0 Å². The van der Waals surface area contributed by atoms with E-state index in [9.17, 15) is 14.4 Å². The van der Waals surface area contributed by atoms with Crippen LogP contribution in [-0.4, -0.2) is 23.9 Å². The fraction of sp³-hybridized carbons (Fsp3) is 0.0588. The number of hydrazone groups is 1. The van der Waals surface area contributed by atoms with E-state index in [0.29, 0.717) is 16.9 Å². The van der Waals surface area contributed by atoms with Gasteiger partial charge in [0.15, 0.2) is 0 Å². The molecule has 0 aliphatic rings. The number of para-hydroxylation sites is 1. The summed E-state index contributed by atoms with van der Waals surface area (Å²) in [6.07, 6.45) is 1.39. The van der Waals surface area contributed by atoms with Gasteiger partial charge in [-0.25, -0.2) is 5.43 Å². The molecule has 0 aliphatic carbocycles. The van der Waals surface area contributed by atoms with Crippen LogP contribution in [0.15, 0.2) is 59.7 Å². The molecule has 2 aromatic rings. The van der Waals surface area contributed by atoms with E-state index in [0.717, 1.165) is 0 Å². The van der Waals surface area contributed by atoms with E-state index in [4.69, 9.17) is 0 Å². The van der Waals surface area contributed by atoms with Gasteiger partial charge < -0.3 is 10.6 Å². The molecule has 3 amide bonds. The van der Waals surface area contributed by atoms with Crippen molar-refractivity contribution in [3.05, 3.63) is 60.2 Å². The SMILES string of the molecule is CC(=O)Nc1ccc(/C=N\NC(=O)C(=O)Nc2ccccc2)cc1. The van der Waals surface area contributed by atoms with Crippen molar-refractivity contribution in [3.8, 4) is 0 Å². The van der Waals surface area contributed by atoms with Gasteiger partial charge >= 0.3 is 11.8 Å². The maximum Gasteiger partial charge on any atom is 0.329 e. The molecular weight excluding hydrogens is 308 g/mol. The fourth-order valence-corrected chi connectivity index (χ4v) is 1.78. The van der Waals surface area contributed by atoms with Crippen LogP contribution >= 0.6 is 0 Å². The van der Waals surface area contributed by atoms with Crippen molar-refractivity contribution in [2.24, 2.45) is 5.10 Å². The Balaban J connectivity index is 1.85. The minimum Gasteiger partial charge on any atom is -0.326 e. The molecule has 0 saturated carbocycles. The van der Waals surface area contributed by atoms with Crippen LogP contribution in [0.3, 0.4) is 0 Å². The molecule has 24 heavy (non-hydrogen) atoms. The lowest BCUT2D eigenvalue weighted by Crippen LogP contribution is -2.32. The number of hydrogen-bond donors (Lipinski definition) is 3. The highest BCUT2D eigenvalue weighted by Crippen LogP contribution is 2.08. The molecule has 3 N–H and O–H groups in total. The number of anilines is 2. The first-order chi connectivity index (χ1) is 11.5. The zero-order valence-electron chi connectivity index (χ0n) is 12.9. The van der Waals surface area contributed by atoms with Gasteiger partial charge in [-0.05, 0) is 29.8 Å². The zero-order valence-corrected chi connectivity index (χ0v) is 12.9. The lowest BCUT2D eigenvalue weighted by molar-refractivity contribution is -0.136. The monoisotopic (exact) mass is 324 g/mol. The van der Waals surface area contributed by atoms with E-state index in [1.807, 2.05) is 0 Å². The van der Waals surface area contributed by atoms with Crippen LogP contribution in [0, 0.1) is 0 Å². The summed E-state index contributed by atoms with van der Waals surface area (Å²) in [5.74, 6) is -1.84. The van der Waals surface area contributed by atoms with Gasteiger partial charge in [-0.3, -0.25) is 14.4 Å². The van der Waals surface area contributed by atoms with Gasteiger partial charge in [-0.1, -0.05) is 30.3 Å². The highest BCUT2D eigenvalue weighted by atomic mass is 16.2. The molecule has 2 aromatic carbocycles. The van der Waals surface area contributed by atoms with Gasteiger partial charge in [0.2, 0.25) is 5.91 Å². The summed E-state index contributed by atoms with van der Waals surface area (Å²) >= 11 is 0. The Morgan fingerprint density at radius 1 is 0.833 bits per heavy atom. The molecule has 0 atom stereocenters. The third kappa shape index (κ3) is 5.38. The molecular formula is C17H16N4O3. The molecule has 0 heterocycles. The maximum atomic E-state index is 11.7. The molecule has 0 spiro atoms. The summed E-state index contributed by atoms with van der Waals surface area (Å²) < 4.78 is 0. The number of carbonyl (C=O) groups excluding carboxylic acids is 3. The summed E-state index contributed by atoms with van der Waals surface area (Å²) in [7, 11) is 0. The molecule has 0 aliphatic heterocycles. The Labute approximate surface area is 138 Å². The second-order valence-electron chi connectivity index (χ2n) is 4.82. The summed E-state index contributed by atoms with van der Waals surface area (Å²) in [5, 5.41) is 8.81. The highest BCUT2D eigenvalue weighted by molar-refractivity contribution is 6.39. The minimum absolute atomic E-state index is 0.159. The van der Waals surface area contributed by atoms with Crippen molar-refractivity contribution in [1.82, 2.24) is 5.43 Å². The number of nitrogens with one attached hydrogen (secondary N) is 3. The predicted octanol–water partition coefficient (Wildman–Crippen LogP) is 1.73. The van der Waals surface area contributed by atoms with Crippen LogP contribution in [0.5, 0.6) is 0 Å². The number of nitrogens with zero attached hydrogens (tertiary/aromatic N) is 1. The molecule has 0 radical (unpaired) electrons. The average molecular weight is 324 g/mol. The fourth-order valence-electron chi connectivity index (χ4n) is 1.78. The van der Waals surface area contributed by atoms with E-state index < -0.39 is 11.8 Å². The van der Waals surface area contributed by atoms with Crippen molar-refractivity contribution in [2.75, 3.05) is 10.6 Å². The summed E-state index contributed by atoms with van der Waals surface area (Å²) in [4.78, 5) is 34.2. The Bertz CT molecular complexity index is 755. The molecule has 122 valence electrons. The number of benzene rings is 2. The van der Waals surface area contributed by atoms with E-state index in [-0.39, 0.29) is 5.91 Å². The Morgan fingerprint density at radius 2 is 1.46 bits per heavy atom. The Morgan fingerprint density at radius 3 is 2.08 bits per heavy atom. The third-order valence-electron chi connectivity index (χ3n) is 2.85. The summed E-state index contributed by atoms with van der Waals surface area (Å²) in [6, 6.07) is 15.5. The largest absolute Gasteiger partial charge is 0.329 e. The lowest BCUT2D eigenvalue weighted by Gasteiger charge is -2.03. The number of carbonyl (C=O) groups is 3. The maximum absolute atomic E-state index is 11.7. The van der Waals surface area contributed by atoms with E-state index in [1.165, 1.54) is 13.1 Å². The van der Waals surface area contributed by atoms with E-state index in [1.54, 1.807) is 54.6 Å². The second-order valence-corrected chi connectivity index (χ2v) is 4.82. The zero-order chi connectivity index (χ0) is 17.4. The predicted molar refractivity (Wildman–Crippen MR) is 91.6 cm³/mol. The van der Waals surface area contributed by atoms with Gasteiger partial charge in [0, 0.05) is 18.3 Å². The lowest BCUT2D eigenvalue weighted by atomic mass is 10.2. The normalized spacial score (nSPS) is 10.2. The summed E-state index contributed by atoms with van der Waals surface area (Å²) in [5.41, 5.74) is 4.03. The van der Waals surface area contributed by atoms with Crippen molar-refractivity contribution < 1.29 is 14.4 Å². The van der Waals surface area contributed by atoms with Crippen LogP contribution in [0.25, 0.3) is 0 Å². The van der Waals surface area contributed by atoms with E-state index >= 15 is 0 Å². The second kappa shape index (κ2) is 8.23. The standard InChI is InChI=1S/C17H16N4O3/c1-12(22)19-15-9-7-13(8-10-15)11-18-21-17(24)16(23)20-14-5-3-2-4-6-14/h2-11H,1H3,(H,19,22)(H,20,23)(H,21,24)/b18-11-. The van der Waals surface area contributed by atoms with Gasteiger partial charge in [0.25, 0.3) is 0 Å². The molecule has 0 fully saturated rings. The van der Waals surface area contributed by atoms with Crippen molar-refractivity contribution in [3.63, 3.8) is 0 Å². The average Bonchev–Trinajstić information content (AvgIpc) is 2.56. The molecule has 0 saturated heterocycles. The summed E-state index contributed by atoms with van der Waals surface area (Å²) in [6.45, 7) is 1.42. The minimum atomic E-state index is -0.870. The van der Waals surface area contributed by atoms with Crippen LogP contribution in [0.2, 0.25) is 0 Å². The van der Waals surface area contributed by atoms with Crippen LogP contribution in [0.4, 0.5) is 11.4 Å². The molecule has 7 nitrogen and oxygen atoms in total.